The predicted octanol–water partition coefficient (Wildman–Crippen LogP) is 1.76. The van der Waals surface area contributed by atoms with Gasteiger partial charge in [-0.3, -0.25) is 0 Å². The first kappa shape index (κ1) is 13.1. The van der Waals surface area contributed by atoms with Crippen LogP contribution in [-0.2, 0) is 6.42 Å². The van der Waals surface area contributed by atoms with Crippen molar-refractivity contribution in [2.75, 3.05) is 13.7 Å². The van der Waals surface area contributed by atoms with Crippen LogP contribution in [0.5, 0.6) is 5.75 Å². The minimum atomic E-state index is -0.327. The molecule has 5 heteroatoms. The van der Waals surface area contributed by atoms with E-state index in [9.17, 15) is 0 Å². The number of nitrogens with two attached hydrogens (primary N) is 1. The van der Waals surface area contributed by atoms with E-state index in [-0.39, 0.29) is 12.6 Å². The highest BCUT2D eigenvalue weighted by molar-refractivity contribution is 6.30. The van der Waals surface area contributed by atoms with Gasteiger partial charge in [-0.1, -0.05) is 11.6 Å². The van der Waals surface area contributed by atoms with E-state index in [1.807, 2.05) is 24.3 Å². The lowest BCUT2D eigenvalue weighted by Gasteiger charge is -2.10. The Morgan fingerprint density at radius 3 is 2.89 bits per heavy atom. The van der Waals surface area contributed by atoms with Crippen molar-refractivity contribution in [2.45, 2.75) is 12.5 Å². The molecule has 0 bridgehead atoms. The number of aliphatic hydroxyl groups is 1. The van der Waals surface area contributed by atoms with E-state index in [1.165, 1.54) is 0 Å². The number of methoxy groups -OCH3 is 1. The highest BCUT2D eigenvalue weighted by atomic mass is 35.5. The van der Waals surface area contributed by atoms with Crippen LogP contribution in [0.3, 0.4) is 0 Å². The molecule has 0 saturated heterocycles. The first-order chi connectivity index (χ1) is 8.63. The van der Waals surface area contributed by atoms with Crippen molar-refractivity contribution < 1.29 is 9.84 Å². The SMILES string of the molecule is COc1ccc2nc(Cl)c(CC(N)CO)cc2c1. The highest BCUT2D eigenvalue weighted by Gasteiger charge is 2.09. The van der Waals surface area contributed by atoms with Gasteiger partial charge >= 0.3 is 0 Å². The van der Waals surface area contributed by atoms with E-state index in [4.69, 9.17) is 27.2 Å². The molecule has 4 nitrogen and oxygen atoms in total. The summed E-state index contributed by atoms with van der Waals surface area (Å²) in [6.07, 6.45) is 0.496. The average molecular weight is 267 g/mol. The van der Waals surface area contributed by atoms with Crippen molar-refractivity contribution >= 4 is 22.5 Å². The van der Waals surface area contributed by atoms with Crippen LogP contribution in [0.1, 0.15) is 5.56 Å². The molecular formula is C13H15ClN2O2. The molecule has 0 radical (unpaired) electrons. The summed E-state index contributed by atoms with van der Waals surface area (Å²) in [6, 6.07) is 7.20. The maximum atomic E-state index is 8.97. The molecule has 3 N–H and O–H groups in total. The average Bonchev–Trinajstić information content (AvgIpc) is 2.39. The molecule has 96 valence electrons. The standard InChI is InChI=1S/C13H15ClN2O2/c1-18-11-2-3-12-8(6-11)4-9(13(14)16-12)5-10(15)7-17/h2-4,6,10,17H,5,7,15H2,1H3. The quantitative estimate of drug-likeness (QED) is 0.828. The van der Waals surface area contributed by atoms with Crippen LogP contribution < -0.4 is 10.5 Å². The fourth-order valence-corrected chi connectivity index (χ4v) is 2.01. The van der Waals surface area contributed by atoms with Crippen LogP contribution in [-0.4, -0.2) is 29.8 Å². The van der Waals surface area contributed by atoms with E-state index < -0.39 is 0 Å². The summed E-state index contributed by atoms with van der Waals surface area (Å²) in [6.45, 7) is -0.0769. The topological polar surface area (TPSA) is 68.4 Å². The summed E-state index contributed by atoms with van der Waals surface area (Å²) in [5.41, 5.74) is 7.35. The zero-order valence-corrected chi connectivity index (χ0v) is 10.8. The zero-order valence-electron chi connectivity index (χ0n) is 10.1. The lowest BCUT2D eigenvalue weighted by molar-refractivity contribution is 0.265. The van der Waals surface area contributed by atoms with E-state index in [0.717, 1.165) is 22.2 Å². The Kier molecular flexibility index (Phi) is 4.01. The molecule has 1 aromatic carbocycles. The van der Waals surface area contributed by atoms with Crippen LogP contribution in [0.15, 0.2) is 24.3 Å². The number of hydrogen-bond donors (Lipinski definition) is 2. The molecule has 1 unspecified atom stereocenters. The van der Waals surface area contributed by atoms with Gasteiger partial charge in [0, 0.05) is 11.4 Å². The molecule has 1 aromatic heterocycles. The number of aromatic nitrogens is 1. The second-order valence-corrected chi connectivity index (χ2v) is 4.50. The number of nitrogens with zero attached hydrogens (tertiary/aromatic N) is 1. The molecule has 0 aliphatic carbocycles. The third kappa shape index (κ3) is 2.72. The summed E-state index contributed by atoms with van der Waals surface area (Å²) >= 11 is 6.10. The summed E-state index contributed by atoms with van der Waals surface area (Å²) < 4.78 is 5.17. The van der Waals surface area contributed by atoms with E-state index in [1.54, 1.807) is 7.11 Å². The molecule has 18 heavy (non-hydrogen) atoms. The maximum Gasteiger partial charge on any atom is 0.133 e. The van der Waals surface area contributed by atoms with Gasteiger partial charge in [0.15, 0.2) is 0 Å². The van der Waals surface area contributed by atoms with Crippen LogP contribution in [0.25, 0.3) is 10.9 Å². The molecule has 2 rings (SSSR count). The van der Waals surface area contributed by atoms with Gasteiger partial charge in [0.05, 0.1) is 19.2 Å². The largest absolute Gasteiger partial charge is 0.497 e. The molecule has 0 fully saturated rings. The van der Waals surface area contributed by atoms with Gasteiger partial charge in [-0.25, -0.2) is 4.98 Å². The van der Waals surface area contributed by atoms with Gasteiger partial charge in [0.25, 0.3) is 0 Å². The van der Waals surface area contributed by atoms with Gasteiger partial charge in [0.1, 0.15) is 10.9 Å². The molecule has 0 spiro atoms. The molecule has 0 aliphatic rings. The summed E-state index contributed by atoms with van der Waals surface area (Å²) in [5, 5.41) is 10.3. The number of hydrogen-bond acceptors (Lipinski definition) is 4. The van der Waals surface area contributed by atoms with Crippen molar-refractivity contribution in [3.05, 3.63) is 35.0 Å². The Bertz CT molecular complexity index is 560. The maximum absolute atomic E-state index is 8.97. The first-order valence-electron chi connectivity index (χ1n) is 5.63. The number of pyridine rings is 1. The van der Waals surface area contributed by atoms with Gasteiger partial charge in [-0.15, -0.1) is 0 Å². The van der Waals surface area contributed by atoms with Crippen molar-refractivity contribution in [3.63, 3.8) is 0 Å². The lowest BCUT2D eigenvalue weighted by atomic mass is 10.1. The highest BCUT2D eigenvalue weighted by Crippen LogP contribution is 2.24. The molecular weight excluding hydrogens is 252 g/mol. The number of aliphatic hydroxyl groups excluding tert-OH is 1. The molecule has 1 heterocycles. The number of fused-ring (bicyclic) bond motifs is 1. The number of ether oxygens (including phenoxy) is 1. The van der Waals surface area contributed by atoms with Crippen LogP contribution in [0.2, 0.25) is 5.15 Å². The Morgan fingerprint density at radius 1 is 1.44 bits per heavy atom. The minimum Gasteiger partial charge on any atom is -0.497 e. The van der Waals surface area contributed by atoms with Crippen molar-refractivity contribution in [3.8, 4) is 5.75 Å². The second-order valence-electron chi connectivity index (χ2n) is 4.14. The van der Waals surface area contributed by atoms with Crippen LogP contribution in [0, 0.1) is 0 Å². The first-order valence-corrected chi connectivity index (χ1v) is 6.01. The summed E-state index contributed by atoms with van der Waals surface area (Å²) in [5.74, 6) is 0.768. The zero-order chi connectivity index (χ0) is 13.1. The Morgan fingerprint density at radius 2 is 2.22 bits per heavy atom. The third-order valence-electron chi connectivity index (χ3n) is 2.76. The van der Waals surface area contributed by atoms with Gasteiger partial charge < -0.3 is 15.6 Å². The fraction of sp³-hybridized carbons (Fsp3) is 0.308. The van der Waals surface area contributed by atoms with E-state index in [2.05, 4.69) is 4.98 Å². The van der Waals surface area contributed by atoms with Gasteiger partial charge in [-0.2, -0.15) is 0 Å². The Balaban J connectivity index is 2.44. The molecule has 1 atom stereocenters. The smallest absolute Gasteiger partial charge is 0.133 e. The molecule has 0 aliphatic heterocycles. The minimum absolute atomic E-state index is 0.0769. The Labute approximate surface area is 110 Å². The number of halogens is 1. The molecule has 0 saturated carbocycles. The van der Waals surface area contributed by atoms with Crippen molar-refractivity contribution in [1.29, 1.82) is 0 Å². The van der Waals surface area contributed by atoms with Crippen molar-refractivity contribution in [1.82, 2.24) is 4.98 Å². The summed E-state index contributed by atoms with van der Waals surface area (Å²) in [7, 11) is 1.62. The van der Waals surface area contributed by atoms with Crippen molar-refractivity contribution in [2.24, 2.45) is 5.73 Å². The lowest BCUT2D eigenvalue weighted by Crippen LogP contribution is -2.27. The van der Waals surface area contributed by atoms with Crippen LogP contribution in [0.4, 0.5) is 0 Å². The second kappa shape index (κ2) is 5.52. The normalized spacial score (nSPS) is 12.7. The monoisotopic (exact) mass is 266 g/mol. The molecule has 2 aromatic rings. The summed E-state index contributed by atoms with van der Waals surface area (Å²) in [4.78, 5) is 4.31. The number of benzene rings is 1. The van der Waals surface area contributed by atoms with E-state index >= 15 is 0 Å². The van der Waals surface area contributed by atoms with Crippen LogP contribution >= 0.6 is 11.6 Å². The molecule has 0 amide bonds. The predicted molar refractivity (Wildman–Crippen MR) is 72.1 cm³/mol. The number of rotatable bonds is 4. The third-order valence-corrected chi connectivity index (χ3v) is 3.09. The van der Waals surface area contributed by atoms with Gasteiger partial charge in [-0.05, 0) is 36.2 Å². The van der Waals surface area contributed by atoms with E-state index in [0.29, 0.717) is 11.6 Å². The van der Waals surface area contributed by atoms with Gasteiger partial charge in [0.2, 0.25) is 0 Å². The Hall–Kier alpha value is -1.36. The fourth-order valence-electron chi connectivity index (χ4n) is 1.79.